The van der Waals surface area contributed by atoms with E-state index in [9.17, 15) is 14.4 Å². The molecule has 220 valence electrons. The molecule has 0 radical (unpaired) electrons. The quantitative estimate of drug-likeness (QED) is 0.318. The Hall–Kier alpha value is -4.01. The van der Waals surface area contributed by atoms with Crippen molar-refractivity contribution in [1.82, 2.24) is 4.90 Å². The molecule has 8 heteroatoms. The van der Waals surface area contributed by atoms with Crippen LogP contribution in [0.4, 0.5) is 0 Å². The van der Waals surface area contributed by atoms with Crippen molar-refractivity contribution >= 4 is 17.8 Å². The Morgan fingerprint density at radius 3 is 2.17 bits per heavy atom. The smallest absolute Gasteiger partial charge is 0.338 e. The van der Waals surface area contributed by atoms with E-state index < -0.39 is 30.4 Å². The van der Waals surface area contributed by atoms with E-state index in [2.05, 4.69) is 0 Å². The van der Waals surface area contributed by atoms with Gasteiger partial charge in [-0.3, -0.25) is 4.79 Å². The minimum absolute atomic E-state index is 0.0354. The normalized spacial score (nSPS) is 22.4. The van der Waals surface area contributed by atoms with Crippen molar-refractivity contribution in [3.8, 4) is 0 Å². The SMILES string of the molecule is Cc1ccc(C(=O)OC[C@H]2O[C@@H](N3CC[C@H](OCc4ccccc4)CCC3=O)CC2OC(=O)c2ccc(C)cc2)cc1. The summed E-state index contributed by atoms with van der Waals surface area (Å²) in [6.45, 7) is 4.72. The van der Waals surface area contributed by atoms with Crippen LogP contribution in [0, 0.1) is 13.8 Å². The van der Waals surface area contributed by atoms with Crippen LogP contribution in [0.1, 0.15) is 63.1 Å². The van der Waals surface area contributed by atoms with Crippen LogP contribution in [0.3, 0.4) is 0 Å². The molecule has 0 saturated carbocycles. The number of hydrogen-bond acceptors (Lipinski definition) is 7. The zero-order chi connectivity index (χ0) is 29.5. The molecule has 8 nitrogen and oxygen atoms in total. The molecule has 2 heterocycles. The monoisotopic (exact) mass is 571 g/mol. The third-order valence-corrected chi connectivity index (χ3v) is 7.76. The van der Waals surface area contributed by atoms with Crippen LogP contribution in [-0.4, -0.2) is 60.4 Å². The molecule has 0 bridgehead atoms. The van der Waals surface area contributed by atoms with E-state index in [0.29, 0.717) is 43.5 Å². The van der Waals surface area contributed by atoms with Crippen molar-refractivity contribution in [2.45, 2.75) is 70.7 Å². The number of esters is 2. The van der Waals surface area contributed by atoms with Crippen LogP contribution >= 0.6 is 0 Å². The maximum absolute atomic E-state index is 13.2. The van der Waals surface area contributed by atoms with Gasteiger partial charge in [0, 0.05) is 19.4 Å². The van der Waals surface area contributed by atoms with E-state index in [1.165, 1.54) is 0 Å². The highest BCUT2D eigenvalue weighted by Crippen LogP contribution is 2.30. The molecule has 2 fully saturated rings. The van der Waals surface area contributed by atoms with Gasteiger partial charge in [-0.2, -0.15) is 0 Å². The molecule has 0 aliphatic carbocycles. The molecule has 3 aromatic carbocycles. The molecule has 0 N–H and O–H groups in total. The summed E-state index contributed by atoms with van der Waals surface area (Å²) in [5.74, 6) is -1.02. The number of rotatable bonds is 9. The van der Waals surface area contributed by atoms with E-state index in [0.717, 1.165) is 16.7 Å². The number of hydrogen-bond donors (Lipinski definition) is 0. The van der Waals surface area contributed by atoms with E-state index in [1.807, 2.05) is 68.4 Å². The summed E-state index contributed by atoms with van der Waals surface area (Å²) in [6, 6.07) is 24.2. The molecule has 1 amide bonds. The molecule has 2 saturated heterocycles. The summed E-state index contributed by atoms with van der Waals surface area (Å²) in [5, 5.41) is 0. The second-order valence-electron chi connectivity index (χ2n) is 11.0. The van der Waals surface area contributed by atoms with Gasteiger partial charge >= 0.3 is 11.9 Å². The fraction of sp³-hybridized carbons (Fsp3) is 0.382. The van der Waals surface area contributed by atoms with Crippen LogP contribution in [0.2, 0.25) is 0 Å². The molecular weight excluding hydrogens is 534 g/mol. The number of ether oxygens (including phenoxy) is 4. The summed E-state index contributed by atoms with van der Waals surface area (Å²) in [4.78, 5) is 40.6. The van der Waals surface area contributed by atoms with Gasteiger partial charge in [0.15, 0.2) is 0 Å². The lowest BCUT2D eigenvalue weighted by Gasteiger charge is -2.27. The molecule has 0 spiro atoms. The first kappa shape index (κ1) is 29.5. The van der Waals surface area contributed by atoms with Gasteiger partial charge in [0.1, 0.15) is 25.0 Å². The minimum atomic E-state index is -0.722. The van der Waals surface area contributed by atoms with E-state index in [4.69, 9.17) is 18.9 Å². The highest BCUT2D eigenvalue weighted by Gasteiger charge is 2.43. The Morgan fingerprint density at radius 2 is 1.50 bits per heavy atom. The Bertz CT molecular complexity index is 1360. The molecule has 2 aliphatic heterocycles. The third kappa shape index (κ3) is 7.63. The lowest BCUT2D eigenvalue weighted by atomic mass is 10.1. The predicted octanol–water partition coefficient (Wildman–Crippen LogP) is 5.40. The number of amides is 1. The summed E-state index contributed by atoms with van der Waals surface area (Å²) in [6.07, 6.45) is -0.175. The number of aryl methyl sites for hydroxylation is 2. The summed E-state index contributed by atoms with van der Waals surface area (Å²) < 4.78 is 23.9. The molecule has 1 unspecified atom stereocenters. The van der Waals surface area contributed by atoms with Gasteiger partial charge in [0.05, 0.1) is 23.8 Å². The van der Waals surface area contributed by atoms with Gasteiger partial charge in [-0.15, -0.1) is 0 Å². The maximum Gasteiger partial charge on any atom is 0.338 e. The second-order valence-corrected chi connectivity index (χ2v) is 11.0. The third-order valence-electron chi connectivity index (χ3n) is 7.76. The fourth-order valence-electron chi connectivity index (χ4n) is 5.23. The van der Waals surface area contributed by atoms with Crippen molar-refractivity contribution in [3.05, 3.63) is 107 Å². The van der Waals surface area contributed by atoms with Crippen LogP contribution in [0.25, 0.3) is 0 Å². The number of carbonyl (C=O) groups excluding carboxylic acids is 3. The Balaban J connectivity index is 1.24. The first-order valence-electron chi connectivity index (χ1n) is 14.5. The zero-order valence-corrected chi connectivity index (χ0v) is 24.1. The van der Waals surface area contributed by atoms with Gasteiger partial charge in [-0.05, 0) is 56.5 Å². The Kier molecular flexibility index (Phi) is 9.66. The zero-order valence-electron chi connectivity index (χ0n) is 24.1. The summed E-state index contributed by atoms with van der Waals surface area (Å²) >= 11 is 0. The Morgan fingerprint density at radius 1 is 0.857 bits per heavy atom. The first-order chi connectivity index (χ1) is 20.4. The highest BCUT2D eigenvalue weighted by molar-refractivity contribution is 5.90. The van der Waals surface area contributed by atoms with Crippen LogP contribution in [0.15, 0.2) is 78.9 Å². The van der Waals surface area contributed by atoms with Crippen molar-refractivity contribution in [3.63, 3.8) is 0 Å². The van der Waals surface area contributed by atoms with Crippen molar-refractivity contribution in [2.24, 2.45) is 0 Å². The van der Waals surface area contributed by atoms with Gasteiger partial charge in [-0.25, -0.2) is 9.59 Å². The van der Waals surface area contributed by atoms with Gasteiger partial charge in [0.25, 0.3) is 0 Å². The van der Waals surface area contributed by atoms with E-state index in [1.54, 1.807) is 29.2 Å². The molecule has 5 rings (SSSR count). The second kappa shape index (κ2) is 13.8. The lowest BCUT2D eigenvalue weighted by molar-refractivity contribution is -0.146. The fourth-order valence-corrected chi connectivity index (χ4v) is 5.23. The molecular formula is C34H37NO7. The predicted molar refractivity (Wildman–Crippen MR) is 156 cm³/mol. The summed E-state index contributed by atoms with van der Waals surface area (Å²) in [5.41, 5.74) is 4.00. The van der Waals surface area contributed by atoms with Crippen molar-refractivity contribution in [2.75, 3.05) is 13.2 Å². The first-order valence-corrected chi connectivity index (χ1v) is 14.5. The van der Waals surface area contributed by atoms with E-state index in [-0.39, 0.29) is 25.0 Å². The standard InChI is InChI=1S/C34H37NO7/c1-23-8-12-26(13-9-23)33(37)40-22-30-29(42-34(38)27-14-10-24(2)11-15-27)20-32(41-30)35-19-18-28(16-17-31(35)36)39-21-25-6-4-3-5-7-25/h3-15,28-30,32H,16-22H2,1-2H3/t28-,29?,30-,32-/m1/s1. The van der Waals surface area contributed by atoms with Gasteiger partial charge < -0.3 is 23.8 Å². The number of carbonyl (C=O) groups is 3. The molecule has 2 aliphatic rings. The maximum atomic E-state index is 13.2. The van der Waals surface area contributed by atoms with Gasteiger partial charge in [-0.1, -0.05) is 65.7 Å². The largest absolute Gasteiger partial charge is 0.459 e. The Labute approximate surface area is 246 Å². The topological polar surface area (TPSA) is 91.4 Å². The van der Waals surface area contributed by atoms with Crippen LogP contribution < -0.4 is 0 Å². The highest BCUT2D eigenvalue weighted by atomic mass is 16.6. The molecule has 0 aromatic heterocycles. The van der Waals surface area contributed by atoms with Crippen LogP contribution in [0.5, 0.6) is 0 Å². The molecule has 42 heavy (non-hydrogen) atoms. The number of nitrogens with zero attached hydrogens (tertiary/aromatic N) is 1. The average molecular weight is 572 g/mol. The summed E-state index contributed by atoms with van der Waals surface area (Å²) in [7, 11) is 0. The number of benzene rings is 3. The van der Waals surface area contributed by atoms with Crippen LogP contribution in [-0.2, 0) is 30.3 Å². The average Bonchev–Trinajstić information content (AvgIpc) is 3.29. The number of likely N-dealkylation sites (tertiary alicyclic amines) is 1. The van der Waals surface area contributed by atoms with Gasteiger partial charge in [0.2, 0.25) is 5.91 Å². The van der Waals surface area contributed by atoms with E-state index >= 15 is 0 Å². The van der Waals surface area contributed by atoms with Crippen molar-refractivity contribution in [1.29, 1.82) is 0 Å². The molecule has 4 atom stereocenters. The minimum Gasteiger partial charge on any atom is -0.459 e. The van der Waals surface area contributed by atoms with Crippen molar-refractivity contribution < 1.29 is 33.3 Å². The molecule has 3 aromatic rings. The lowest BCUT2D eigenvalue weighted by Crippen LogP contribution is -2.40.